The van der Waals surface area contributed by atoms with Crippen molar-refractivity contribution in [2.75, 3.05) is 0 Å². The first-order valence-electron chi connectivity index (χ1n) is 9.55. The lowest BCUT2D eigenvalue weighted by Gasteiger charge is -2.61. The third-order valence-corrected chi connectivity index (χ3v) is 71.9. The second kappa shape index (κ2) is 20.1. The van der Waals surface area contributed by atoms with E-state index in [4.69, 9.17) is 0 Å². The molecule has 0 rings (SSSR count). The number of halogens is 32. The zero-order chi connectivity index (χ0) is 39.5. The van der Waals surface area contributed by atoms with Gasteiger partial charge < -0.3 is 0 Å². The summed E-state index contributed by atoms with van der Waals surface area (Å²) in [6.07, 6.45) is 0. The Hall–Kier alpha value is 15.4. The van der Waals surface area contributed by atoms with E-state index in [1.54, 1.807) is 0 Å². The predicted molar refractivity (Wildman–Crippen MR) is 327 cm³/mol. The average Bonchev–Trinajstić information content (AvgIpc) is 2.80. The van der Waals surface area contributed by atoms with Crippen LogP contribution in [0.1, 0.15) is 0 Å². The van der Waals surface area contributed by atoms with Gasteiger partial charge in [-0.05, 0) is 0 Å². The maximum atomic E-state index is 3.99. The molecule has 0 aromatic heterocycles. The van der Waals surface area contributed by atoms with Gasteiger partial charge in [0.15, 0.2) is 4.29 Å². The molecule has 0 spiro atoms. The minimum atomic E-state index is -1.28. The maximum Gasteiger partial charge on any atom is 0.162 e. The Bertz CT molecular complexity index is 1050. The van der Waals surface area contributed by atoms with E-state index in [9.17, 15) is 0 Å². The number of hydrogen-bond donors (Lipinski definition) is 0. The minimum absolute atomic E-state index is 0.884. The molecule has 0 N–H and O–H groups in total. The van der Waals surface area contributed by atoms with Gasteiger partial charge in [-0.1, -0.05) is 510 Å². The molecule has 0 saturated heterocycles. The molecule has 0 nitrogen and oxygen atoms in total. The van der Waals surface area contributed by atoms with Gasteiger partial charge in [0.05, 0.1) is 0 Å². The topological polar surface area (TPSA) is 0 Å². The van der Waals surface area contributed by atoms with Gasteiger partial charge in [-0.3, -0.25) is 0 Å². The van der Waals surface area contributed by atoms with E-state index in [0.29, 0.717) is 0 Å². The van der Waals surface area contributed by atoms with Crippen molar-refractivity contribution in [2.24, 2.45) is 0 Å². The minimum Gasteiger partial charge on any atom is -0.0675 e. The highest BCUT2D eigenvalue weighted by Gasteiger charge is 2.83. The highest BCUT2D eigenvalue weighted by molar-refractivity contribution is 9.43. The number of hydrogen-bond acceptors (Lipinski definition) is 0. The van der Waals surface area contributed by atoms with Gasteiger partial charge in [-0.2, -0.15) is 0 Å². The van der Waals surface area contributed by atoms with E-state index in [1.165, 1.54) is 0 Å². The molecule has 32 heteroatoms. The van der Waals surface area contributed by atoms with Crippen LogP contribution in [0.15, 0.2) is 0 Å². The molecular weight excluding hydrogens is 2740 g/mol. The normalized spacial score (nSPS) is 17.4. The van der Waals surface area contributed by atoms with E-state index in [-0.39, 0.29) is 0 Å². The zero-order valence-corrected chi connectivity index (χ0v) is 70.3. The third-order valence-electron chi connectivity index (χ3n) is 5.44. The Morgan fingerprint density at radius 3 is 0.234 bits per heavy atom. The molecule has 0 amide bonds. The van der Waals surface area contributed by atoms with E-state index in [0.717, 1.165) is 0 Å². The van der Waals surface area contributed by atoms with Crippen molar-refractivity contribution in [3.63, 3.8) is 0 Å². The van der Waals surface area contributed by atoms with E-state index in [1.807, 2.05) is 0 Å². The summed E-state index contributed by atoms with van der Waals surface area (Å²) in [7, 11) is 0. The fourth-order valence-electron chi connectivity index (χ4n) is 2.52. The lowest BCUT2D eigenvalue weighted by molar-refractivity contribution is 0.531. The van der Waals surface area contributed by atoms with Gasteiger partial charge in [0.25, 0.3) is 0 Å². The first-order valence-corrected chi connectivity index (χ1v) is 34.9. The Balaban J connectivity index is 7.61. The Morgan fingerprint density at radius 1 is 0.106 bits per heavy atom. The standard InChI is InChI=1S/C15Br32/c16-1(17,2(18,19)4(22,23)6(26,27)8(30,31)10(34,35)12(38,39)14(42,43)44)3(20,21)5(24,25)7(28,29)9(32,33)11(36,37)13(40,41)15(45,46)47. The van der Waals surface area contributed by atoms with Crippen molar-refractivity contribution in [1.82, 2.24) is 0 Å². The van der Waals surface area contributed by atoms with Crippen molar-refractivity contribution in [1.29, 1.82) is 0 Å². The molecule has 0 radical (unpaired) electrons. The van der Waals surface area contributed by atoms with Gasteiger partial charge >= 0.3 is 0 Å². The van der Waals surface area contributed by atoms with E-state index < -0.39 is 46.3 Å². The summed E-state index contributed by atoms with van der Waals surface area (Å²) in [5, 5.41) is 0. The second-order valence-electron chi connectivity index (χ2n) is 8.46. The molecule has 0 aromatic rings. The molecule has 0 aromatic carbocycles. The summed E-state index contributed by atoms with van der Waals surface area (Å²) in [5.41, 5.74) is 0. The summed E-state index contributed by atoms with van der Waals surface area (Å²) in [5.74, 6) is 0. The van der Waals surface area contributed by atoms with Gasteiger partial charge in [-0.15, -0.1) is 0 Å². The van der Waals surface area contributed by atoms with E-state index >= 15 is 0 Å². The molecule has 0 heterocycles. The summed E-state index contributed by atoms with van der Waals surface area (Å²) in [4.78, 5) is 0. The van der Waals surface area contributed by atoms with Gasteiger partial charge in [0, 0.05) is 0 Å². The molecule has 0 fully saturated rings. The lowest BCUT2D eigenvalue weighted by Crippen LogP contribution is -2.73. The molecule has 0 aliphatic heterocycles. The van der Waals surface area contributed by atoms with Gasteiger partial charge in [0.1, 0.15) is 42.0 Å². The molecule has 0 atom stereocenters. The SMILES string of the molecule is BrC(Br)(Br)C(Br)(Br)C(Br)(Br)C(Br)(Br)C(Br)(Br)C(Br)(Br)C(Br)(Br)C(Br)(Br)C(Br)(Br)C(Br)(Br)C(Br)(Br)C(Br)(Br)C(Br)(Br)C(Br)(Br)C(Br)(Br)Br. The fourth-order valence-corrected chi connectivity index (χ4v) is 33.5. The van der Waals surface area contributed by atoms with Crippen LogP contribution in [-0.2, 0) is 0 Å². The van der Waals surface area contributed by atoms with Gasteiger partial charge in [-0.25, -0.2) is 0 Å². The Morgan fingerprint density at radius 2 is 0.170 bits per heavy atom. The van der Waals surface area contributed by atoms with Crippen molar-refractivity contribution >= 4 is 510 Å². The van der Waals surface area contributed by atoms with Crippen molar-refractivity contribution in [3.8, 4) is 0 Å². The van der Waals surface area contributed by atoms with Crippen LogP contribution in [0.2, 0.25) is 0 Å². The summed E-state index contributed by atoms with van der Waals surface area (Å²) < 4.78 is -17.1. The van der Waals surface area contributed by atoms with Crippen molar-refractivity contribution in [2.45, 2.75) is 46.3 Å². The maximum absolute atomic E-state index is 3.99. The molecule has 284 valence electrons. The van der Waals surface area contributed by atoms with Gasteiger partial charge in [0.2, 0.25) is 0 Å². The second-order valence-corrected chi connectivity index (χ2v) is 66.7. The number of alkyl halides is 32. The van der Waals surface area contributed by atoms with Crippen LogP contribution in [0.5, 0.6) is 0 Å². The van der Waals surface area contributed by atoms with Crippen LogP contribution >= 0.6 is 510 Å². The molecule has 0 unspecified atom stereocenters. The Labute approximate surface area is 542 Å². The Kier molecular flexibility index (Phi) is 26.7. The molecule has 0 saturated carbocycles. The zero-order valence-electron chi connectivity index (χ0n) is 19.6. The van der Waals surface area contributed by atoms with Crippen LogP contribution < -0.4 is 0 Å². The highest BCUT2D eigenvalue weighted by atomic mass is 80.0. The van der Waals surface area contributed by atoms with E-state index in [2.05, 4.69) is 510 Å². The molecule has 0 aliphatic rings. The third kappa shape index (κ3) is 10.8. The van der Waals surface area contributed by atoms with Crippen LogP contribution in [0, 0.1) is 0 Å². The van der Waals surface area contributed by atoms with Crippen LogP contribution in [0.3, 0.4) is 0 Å². The molecule has 0 aliphatic carbocycles. The average molecular weight is 2740 g/mol. The van der Waals surface area contributed by atoms with Crippen LogP contribution in [-0.4, -0.2) is 46.3 Å². The lowest BCUT2D eigenvalue weighted by atomic mass is 10.0. The van der Waals surface area contributed by atoms with Crippen LogP contribution in [0.25, 0.3) is 0 Å². The molecule has 0 bridgehead atoms. The van der Waals surface area contributed by atoms with Crippen LogP contribution in [0.4, 0.5) is 0 Å². The summed E-state index contributed by atoms with van der Waals surface area (Å²) in [6, 6.07) is 0. The smallest absolute Gasteiger partial charge is 0.0675 e. The highest BCUT2D eigenvalue weighted by Crippen LogP contribution is 2.83. The largest absolute Gasteiger partial charge is 0.162 e. The predicted octanol–water partition coefficient (Wildman–Crippen LogP) is 24.0. The first kappa shape index (κ1) is 62.4. The molecule has 47 heavy (non-hydrogen) atoms. The summed E-state index contributed by atoms with van der Waals surface area (Å²) in [6.45, 7) is 0. The number of rotatable bonds is 12. The fraction of sp³-hybridized carbons (Fsp3) is 1.00. The quantitative estimate of drug-likeness (QED) is 0.171. The van der Waals surface area contributed by atoms with Crippen molar-refractivity contribution < 1.29 is 0 Å². The van der Waals surface area contributed by atoms with Crippen molar-refractivity contribution in [3.05, 3.63) is 0 Å². The monoisotopic (exact) mass is 2710 g/mol. The molecular formula is C15Br32. The first-order chi connectivity index (χ1) is 19.5. The summed E-state index contributed by atoms with van der Waals surface area (Å²) >= 11 is 124.